The molecule has 3 aromatic rings. The maximum atomic E-state index is 13.2. The number of anilines is 1. The number of rotatable bonds is 6. The maximum absolute atomic E-state index is 13.2. The maximum Gasteiger partial charge on any atom is 0.235 e. The van der Waals surface area contributed by atoms with E-state index in [2.05, 4.69) is 21.6 Å². The first kappa shape index (κ1) is 21.5. The van der Waals surface area contributed by atoms with Gasteiger partial charge in [0.15, 0.2) is 11.0 Å². The molecule has 6 nitrogen and oxygen atoms in total. The standard InChI is InChI=1S/C22H22FN5OS2/c1-2-28-20(14-8-10-15(23)11-9-14)26-27-22(28)30-13-19(29)25-21-17(12-24)16-6-4-3-5-7-18(16)31-21/h8-11H,2-7,13H2,1H3,(H,25,29). The van der Waals surface area contributed by atoms with Crippen molar-refractivity contribution in [1.29, 1.82) is 5.26 Å². The van der Waals surface area contributed by atoms with Crippen LogP contribution in [0.5, 0.6) is 0 Å². The molecule has 1 aliphatic rings. The van der Waals surface area contributed by atoms with Gasteiger partial charge in [-0.2, -0.15) is 5.26 Å². The van der Waals surface area contributed by atoms with Gasteiger partial charge in [-0.15, -0.1) is 21.5 Å². The molecule has 0 spiro atoms. The van der Waals surface area contributed by atoms with E-state index >= 15 is 0 Å². The van der Waals surface area contributed by atoms with E-state index in [-0.39, 0.29) is 17.5 Å². The number of amides is 1. The molecule has 9 heteroatoms. The Morgan fingerprint density at radius 3 is 2.77 bits per heavy atom. The molecule has 0 radical (unpaired) electrons. The topological polar surface area (TPSA) is 83.6 Å². The van der Waals surface area contributed by atoms with Gasteiger partial charge in [-0.25, -0.2) is 4.39 Å². The van der Waals surface area contributed by atoms with Crippen LogP contribution in [0.3, 0.4) is 0 Å². The number of fused-ring (bicyclic) bond motifs is 1. The molecular formula is C22H22FN5OS2. The molecule has 31 heavy (non-hydrogen) atoms. The number of carbonyl (C=O) groups is 1. The number of benzene rings is 1. The van der Waals surface area contributed by atoms with Gasteiger partial charge in [-0.05, 0) is 62.4 Å². The summed E-state index contributed by atoms with van der Waals surface area (Å²) < 4.78 is 15.1. The second-order valence-corrected chi connectivity index (χ2v) is 9.32. The van der Waals surface area contributed by atoms with Crippen molar-refractivity contribution >= 4 is 34.0 Å². The number of thiophene rings is 1. The highest BCUT2D eigenvalue weighted by atomic mass is 32.2. The Hall–Kier alpha value is -2.70. The molecule has 0 aliphatic heterocycles. The van der Waals surface area contributed by atoms with Crippen molar-refractivity contribution in [2.75, 3.05) is 11.1 Å². The first-order valence-electron chi connectivity index (χ1n) is 10.3. The summed E-state index contributed by atoms with van der Waals surface area (Å²) in [6, 6.07) is 8.39. The fraction of sp³-hybridized carbons (Fsp3) is 0.364. The van der Waals surface area contributed by atoms with Crippen LogP contribution in [0, 0.1) is 17.1 Å². The van der Waals surface area contributed by atoms with E-state index in [0.717, 1.165) is 36.8 Å². The summed E-state index contributed by atoms with van der Waals surface area (Å²) in [5, 5.41) is 22.3. The molecule has 0 unspecified atom stereocenters. The Morgan fingerprint density at radius 1 is 1.26 bits per heavy atom. The van der Waals surface area contributed by atoms with Gasteiger partial charge in [-0.3, -0.25) is 4.79 Å². The van der Waals surface area contributed by atoms with E-state index < -0.39 is 0 Å². The zero-order valence-electron chi connectivity index (χ0n) is 17.2. The van der Waals surface area contributed by atoms with Gasteiger partial charge in [0.25, 0.3) is 0 Å². The number of aromatic nitrogens is 3. The van der Waals surface area contributed by atoms with E-state index in [0.29, 0.717) is 28.1 Å². The zero-order chi connectivity index (χ0) is 21.8. The van der Waals surface area contributed by atoms with Crippen molar-refractivity contribution in [2.45, 2.75) is 50.7 Å². The lowest BCUT2D eigenvalue weighted by Gasteiger charge is -2.07. The first-order chi connectivity index (χ1) is 15.1. The number of carbonyl (C=O) groups excluding carboxylic acids is 1. The number of hydrogen-bond acceptors (Lipinski definition) is 6. The third kappa shape index (κ3) is 4.65. The van der Waals surface area contributed by atoms with Crippen LogP contribution in [0.15, 0.2) is 29.4 Å². The van der Waals surface area contributed by atoms with Crippen LogP contribution < -0.4 is 5.32 Å². The van der Waals surface area contributed by atoms with E-state index in [1.54, 1.807) is 12.1 Å². The van der Waals surface area contributed by atoms with Crippen LogP contribution in [-0.2, 0) is 24.2 Å². The summed E-state index contributed by atoms with van der Waals surface area (Å²) in [5.41, 5.74) is 2.50. The lowest BCUT2D eigenvalue weighted by Crippen LogP contribution is -2.14. The van der Waals surface area contributed by atoms with Crippen LogP contribution in [0.2, 0.25) is 0 Å². The summed E-state index contributed by atoms with van der Waals surface area (Å²) in [4.78, 5) is 13.8. The Bertz CT molecular complexity index is 1130. The van der Waals surface area contributed by atoms with Crippen molar-refractivity contribution in [2.24, 2.45) is 0 Å². The minimum Gasteiger partial charge on any atom is -0.316 e. The SMILES string of the molecule is CCn1c(SCC(=O)Nc2sc3c(c2C#N)CCCCC3)nnc1-c1ccc(F)cc1. The molecule has 4 rings (SSSR count). The highest BCUT2D eigenvalue weighted by Crippen LogP contribution is 2.37. The molecule has 0 saturated carbocycles. The molecule has 0 bridgehead atoms. The Labute approximate surface area is 188 Å². The molecule has 1 aliphatic carbocycles. The van der Waals surface area contributed by atoms with Gasteiger partial charge in [0.05, 0.1) is 11.3 Å². The Morgan fingerprint density at radius 2 is 2.03 bits per heavy atom. The lowest BCUT2D eigenvalue weighted by molar-refractivity contribution is -0.113. The van der Waals surface area contributed by atoms with E-state index in [4.69, 9.17) is 0 Å². The fourth-order valence-electron chi connectivity index (χ4n) is 3.73. The van der Waals surface area contributed by atoms with Crippen LogP contribution in [-0.4, -0.2) is 26.4 Å². The van der Waals surface area contributed by atoms with Crippen molar-refractivity contribution in [3.8, 4) is 17.5 Å². The average Bonchev–Trinajstić information content (AvgIpc) is 3.24. The minimum absolute atomic E-state index is 0.162. The number of halogens is 1. The molecule has 160 valence electrons. The van der Waals surface area contributed by atoms with Gasteiger partial charge in [-0.1, -0.05) is 18.2 Å². The van der Waals surface area contributed by atoms with Crippen LogP contribution in [0.4, 0.5) is 9.39 Å². The third-order valence-corrected chi connectivity index (χ3v) is 7.43. The van der Waals surface area contributed by atoms with E-state index in [1.807, 2.05) is 11.5 Å². The number of hydrogen-bond donors (Lipinski definition) is 1. The number of nitrogens with one attached hydrogen (secondary N) is 1. The normalized spacial score (nSPS) is 13.3. The predicted octanol–water partition coefficient (Wildman–Crippen LogP) is 5.04. The highest BCUT2D eigenvalue weighted by Gasteiger charge is 2.21. The summed E-state index contributed by atoms with van der Waals surface area (Å²) in [6.07, 6.45) is 5.29. The second kappa shape index (κ2) is 9.62. The average molecular weight is 456 g/mol. The number of aryl methyl sites for hydroxylation is 1. The Kier molecular flexibility index (Phi) is 6.68. The van der Waals surface area contributed by atoms with E-state index in [1.165, 1.54) is 46.5 Å². The molecule has 0 fully saturated rings. The fourth-order valence-corrected chi connectivity index (χ4v) is 5.79. The lowest BCUT2D eigenvalue weighted by atomic mass is 10.1. The molecule has 1 aromatic carbocycles. The largest absolute Gasteiger partial charge is 0.316 e. The van der Waals surface area contributed by atoms with Crippen molar-refractivity contribution < 1.29 is 9.18 Å². The van der Waals surface area contributed by atoms with Gasteiger partial charge in [0, 0.05) is 17.0 Å². The summed E-state index contributed by atoms with van der Waals surface area (Å²) >= 11 is 2.83. The van der Waals surface area contributed by atoms with Crippen LogP contribution in [0.25, 0.3) is 11.4 Å². The van der Waals surface area contributed by atoms with Gasteiger partial charge < -0.3 is 9.88 Å². The molecule has 2 heterocycles. The van der Waals surface area contributed by atoms with E-state index in [9.17, 15) is 14.4 Å². The second-order valence-electron chi connectivity index (χ2n) is 7.27. The number of nitrogens with zero attached hydrogens (tertiary/aromatic N) is 4. The molecule has 0 atom stereocenters. The zero-order valence-corrected chi connectivity index (χ0v) is 18.8. The number of thioether (sulfide) groups is 1. The molecule has 2 aromatic heterocycles. The number of nitriles is 1. The quantitative estimate of drug-likeness (QED) is 0.416. The first-order valence-corrected chi connectivity index (χ1v) is 12.1. The third-order valence-electron chi connectivity index (χ3n) is 5.25. The predicted molar refractivity (Wildman–Crippen MR) is 121 cm³/mol. The molecule has 1 N–H and O–H groups in total. The van der Waals surface area contributed by atoms with Crippen LogP contribution >= 0.6 is 23.1 Å². The monoisotopic (exact) mass is 455 g/mol. The molecular weight excluding hydrogens is 433 g/mol. The van der Waals surface area contributed by atoms with Gasteiger partial charge in [0.2, 0.25) is 5.91 Å². The van der Waals surface area contributed by atoms with Gasteiger partial charge in [0.1, 0.15) is 16.9 Å². The summed E-state index contributed by atoms with van der Waals surface area (Å²) in [5.74, 6) is 0.320. The Balaban J connectivity index is 1.45. The van der Waals surface area contributed by atoms with Crippen molar-refractivity contribution in [3.05, 3.63) is 46.1 Å². The minimum atomic E-state index is -0.305. The summed E-state index contributed by atoms with van der Waals surface area (Å²) in [7, 11) is 0. The highest BCUT2D eigenvalue weighted by molar-refractivity contribution is 7.99. The van der Waals surface area contributed by atoms with Gasteiger partial charge >= 0.3 is 0 Å². The smallest absolute Gasteiger partial charge is 0.235 e. The van der Waals surface area contributed by atoms with Crippen molar-refractivity contribution in [3.63, 3.8) is 0 Å². The van der Waals surface area contributed by atoms with Crippen LogP contribution in [0.1, 0.15) is 42.2 Å². The summed E-state index contributed by atoms with van der Waals surface area (Å²) in [6.45, 7) is 2.60. The molecule has 0 saturated heterocycles. The molecule has 1 amide bonds. The van der Waals surface area contributed by atoms with Crippen molar-refractivity contribution in [1.82, 2.24) is 14.8 Å².